The molecule has 0 aromatic rings. The number of aliphatic carboxylic acids is 2. The third-order valence-corrected chi connectivity index (χ3v) is 0.928. The Bertz CT molecular complexity index is 116. The molecule has 0 aliphatic rings. The lowest BCUT2D eigenvalue weighted by Crippen LogP contribution is -1.90. The van der Waals surface area contributed by atoms with Crippen molar-refractivity contribution in [3.8, 4) is 0 Å². The smallest absolute Gasteiger partial charge is 0.303 e. The van der Waals surface area contributed by atoms with Gasteiger partial charge in [-0.15, -0.1) is 0 Å². The topological polar surface area (TPSA) is 106 Å². The molecule has 0 unspecified atom stereocenters. The van der Waals surface area contributed by atoms with E-state index in [1.54, 1.807) is 0 Å². The van der Waals surface area contributed by atoms with E-state index in [4.69, 9.17) is 10.2 Å². The molecule has 5 nitrogen and oxygen atoms in total. The molecule has 0 amide bonds. The number of hydrogen-bond acceptors (Lipinski definition) is 2. The van der Waals surface area contributed by atoms with Crippen molar-refractivity contribution in [2.45, 2.75) is 39.5 Å². The van der Waals surface area contributed by atoms with Gasteiger partial charge in [-0.2, -0.15) is 0 Å². The predicted molar refractivity (Wildman–Crippen MR) is 48.7 cm³/mol. The molecule has 4 N–H and O–H groups in total. The van der Waals surface area contributed by atoms with Gasteiger partial charge in [0.25, 0.3) is 0 Å². The lowest BCUT2D eigenvalue weighted by atomic mass is 10.4. The van der Waals surface area contributed by atoms with Gasteiger partial charge in [-0.1, -0.05) is 13.8 Å². The van der Waals surface area contributed by atoms with E-state index < -0.39 is 11.9 Å². The first-order valence-electron chi connectivity index (χ1n) is 3.98. The van der Waals surface area contributed by atoms with Gasteiger partial charge in [-0.25, -0.2) is 0 Å². The van der Waals surface area contributed by atoms with E-state index in [9.17, 15) is 9.59 Å². The highest BCUT2D eigenvalue weighted by Gasteiger charge is 1.88. The van der Waals surface area contributed by atoms with E-state index in [-0.39, 0.29) is 5.48 Å². The van der Waals surface area contributed by atoms with Crippen LogP contribution in [-0.4, -0.2) is 27.6 Å². The molecule has 0 fully saturated rings. The molecule has 0 aromatic carbocycles. The highest BCUT2D eigenvalue weighted by atomic mass is 16.4. The predicted octanol–water partition coefficient (Wildman–Crippen LogP) is 0.917. The average molecular weight is 194 g/mol. The molecule has 0 saturated heterocycles. The SMILES string of the molecule is CCCC(=O)O.CCCC(=O)O.O. The van der Waals surface area contributed by atoms with Crippen molar-refractivity contribution in [2.75, 3.05) is 0 Å². The first-order valence-corrected chi connectivity index (χ1v) is 3.98. The molecule has 0 bridgehead atoms. The summed E-state index contributed by atoms with van der Waals surface area (Å²) in [6.07, 6.45) is 2.05. The molecule has 5 heteroatoms. The number of carboxylic acids is 2. The van der Waals surface area contributed by atoms with Crippen molar-refractivity contribution in [3.63, 3.8) is 0 Å². The Morgan fingerprint density at radius 2 is 1.15 bits per heavy atom. The van der Waals surface area contributed by atoms with Crippen molar-refractivity contribution >= 4 is 11.9 Å². The summed E-state index contributed by atoms with van der Waals surface area (Å²) in [5.74, 6) is -1.42. The van der Waals surface area contributed by atoms with Crippen molar-refractivity contribution in [1.82, 2.24) is 0 Å². The highest BCUT2D eigenvalue weighted by Crippen LogP contribution is 1.82. The van der Waals surface area contributed by atoms with Gasteiger partial charge in [-0.3, -0.25) is 9.59 Å². The maximum absolute atomic E-state index is 9.60. The number of rotatable bonds is 4. The second-order valence-corrected chi connectivity index (χ2v) is 2.29. The van der Waals surface area contributed by atoms with Crippen molar-refractivity contribution in [2.24, 2.45) is 0 Å². The summed E-state index contributed by atoms with van der Waals surface area (Å²) in [7, 11) is 0. The third-order valence-electron chi connectivity index (χ3n) is 0.928. The maximum atomic E-state index is 9.60. The third kappa shape index (κ3) is 36.0. The minimum atomic E-state index is -0.711. The largest absolute Gasteiger partial charge is 0.481 e. The van der Waals surface area contributed by atoms with Crippen LogP contribution in [0.15, 0.2) is 0 Å². The quantitative estimate of drug-likeness (QED) is 0.693. The highest BCUT2D eigenvalue weighted by molar-refractivity contribution is 5.66. The normalized spacial score (nSPS) is 7.54. The van der Waals surface area contributed by atoms with Gasteiger partial charge >= 0.3 is 11.9 Å². The number of hydrogen-bond donors (Lipinski definition) is 2. The van der Waals surface area contributed by atoms with Crippen LogP contribution in [0.1, 0.15) is 39.5 Å². The molecule has 0 saturated carbocycles. The maximum Gasteiger partial charge on any atom is 0.303 e. The molecule has 80 valence electrons. The summed E-state index contributed by atoms with van der Waals surface area (Å²) in [5.41, 5.74) is 0. The van der Waals surface area contributed by atoms with Crippen LogP contribution < -0.4 is 0 Å². The molecule has 0 aromatic heterocycles. The van der Waals surface area contributed by atoms with E-state index in [0.29, 0.717) is 12.8 Å². The number of carbonyl (C=O) groups is 2. The van der Waals surface area contributed by atoms with Crippen LogP contribution in [-0.2, 0) is 9.59 Å². The standard InChI is InChI=1S/2C4H8O2.H2O/c2*1-2-3-4(5)6;/h2*2-3H2,1H3,(H,5,6);1H2. The molecule has 0 spiro atoms. The molecular weight excluding hydrogens is 176 g/mol. The Morgan fingerprint density at radius 1 is 0.923 bits per heavy atom. The van der Waals surface area contributed by atoms with E-state index in [1.807, 2.05) is 13.8 Å². The van der Waals surface area contributed by atoms with E-state index in [2.05, 4.69) is 0 Å². The summed E-state index contributed by atoms with van der Waals surface area (Å²) in [6, 6.07) is 0. The molecule has 0 aliphatic carbocycles. The Labute approximate surface area is 77.7 Å². The summed E-state index contributed by atoms with van der Waals surface area (Å²) in [6.45, 7) is 3.68. The Balaban J connectivity index is -0.000000143. The molecular formula is C8H18O5. The first kappa shape index (κ1) is 17.8. The summed E-state index contributed by atoms with van der Waals surface area (Å²) >= 11 is 0. The molecule has 0 atom stereocenters. The zero-order chi connectivity index (χ0) is 9.98. The fourth-order valence-corrected chi connectivity index (χ4v) is 0.428. The Kier molecular flexibility index (Phi) is 18.5. The van der Waals surface area contributed by atoms with Crippen LogP contribution in [0.5, 0.6) is 0 Å². The second-order valence-electron chi connectivity index (χ2n) is 2.29. The molecule has 0 radical (unpaired) electrons. The molecule has 0 aliphatic heterocycles. The van der Waals surface area contributed by atoms with E-state index >= 15 is 0 Å². The number of carboxylic acid groups (broad SMARTS) is 2. The van der Waals surface area contributed by atoms with Gasteiger partial charge in [-0.05, 0) is 12.8 Å². The lowest BCUT2D eigenvalue weighted by molar-refractivity contribution is -0.138. The van der Waals surface area contributed by atoms with Crippen LogP contribution in [0.25, 0.3) is 0 Å². The summed E-state index contributed by atoms with van der Waals surface area (Å²) < 4.78 is 0. The fraction of sp³-hybridized carbons (Fsp3) is 0.750. The lowest BCUT2D eigenvalue weighted by Gasteiger charge is -1.79. The zero-order valence-electron chi connectivity index (χ0n) is 8.04. The van der Waals surface area contributed by atoms with Crippen LogP contribution in [0, 0.1) is 0 Å². The van der Waals surface area contributed by atoms with Crippen LogP contribution in [0.3, 0.4) is 0 Å². The van der Waals surface area contributed by atoms with Gasteiger partial charge in [0.05, 0.1) is 0 Å². The average Bonchev–Trinajstić information content (AvgIpc) is 1.87. The molecule has 0 heterocycles. The van der Waals surface area contributed by atoms with Gasteiger partial charge in [0.1, 0.15) is 0 Å². The molecule has 0 rings (SSSR count). The van der Waals surface area contributed by atoms with Gasteiger partial charge in [0.15, 0.2) is 0 Å². The monoisotopic (exact) mass is 194 g/mol. The Hall–Kier alpha value is -1.10. The van der Waals surface area contributed by atoms with E-state index in [1.165, 1.54) is 0 Å². The Morgan fingerprint density at radius 3 is 1.15 bits per heavy atom. The second kappa shape index (κ2) is 13.5. The van der Waals surface area contributed by atoms with Crippen molar-refractivity contribution in [1.29, 1.82) is 0 Å². The van der Waals surface area contributed by atoms with Crippen LogP contribution in [0.4, 0.5) is 0 Å². The summed E-state index contributed by atoms with van der Waals surface area (Å²) in [5, 5.41) is 15.8. The van der Waals surface area contributed by atoms with Crippen LogP contribution in [0.2, 0.25) is 0 Å². The van der Waals surface area contributed by atoms with Gasteiger partial charge in [0, 0.05) is 12.8 Å². The minimum absolute atomic E-state index is 0. The fourth-order valence-electron chi connectivity index (χ4n) is 0.428. The molecule has 13 heavy (non-hydrogen) atoms. The van der Waals surface area contributed by atoms with Gasteiger partial charge < -0.3 is 15.7 Å². The van der Waals surface area contributed by atoms with Crippen molar-refractivity contribution in [3.05, 3.63) is 0 Å². The zero-order valence-corrected chi connectivity index (χ0v) is 8.04. The van der Waals surface area contributed by atoms with Crippen LogP contribution >= 0.6 is 0 Å². The van der Waals surface area contributed by atoms with Gasteiger partial charge in [0.2, 0.25) is 0 Å². The first-order chi connectivity index (χ1) is 5.54. The summed E-state index contributed by atoms with van der Waals surface area (Å²) in [4.78, 5) is 19.2. The van der Waals surface area contributed by atoms with Crippen molar-refractivity contribution < 1.29 is 25.3 Å². The van der Waals surface area contributed by atoms with E-state index in [0.717, 1.165) is 12.8 Å². The minimum Gasteiger partial charge on any atom is -0.481 e.